The average molecular weight is 425 g/mol. The quantitative estimate of drug-likeness (QED) is 0.469. The zero-order valence-electron chi connectivity index (χ0n) is 16.1. The zero-order chi connectivity index (χ0) is 19.2. The molecule has 4 rings (SSSR count). The fourth-order valence-corrected chi connectivity index (χ4v) is 5.33. The molecule has 140 valence electrons. The van der Waals surface area contributed by atoms with Gasteiger partial charge in [0.05, 0.1) is 7.11 Å². The molecule has 1 aliphatic carbocycles. The maximum Gasteiger partial charge on any atom is 0.123 e. The van der Waals surface area contributed by atoms with Gasteiger partial charge in [0.25, 0.3) is 0 Å². The van der Waals surface area contributed by atoms with E-state index in [2.05, 4.69) is 48.0 Å². The highest BCUT2D eigenvalue weighted by Gasteiger charge is 2.43. The van der Waals surface area contributed by atoms with Crippen LogP contribution in [-0.2, 0) is 5.41 Å². The van der Waals surface area contributed by atoms with E-state index in [4.69, 9.17) is 4.74 Å². The third-order valence-corrected chi connectivity index (χ3v) is 6.45. The smallest absolute Gasteiger partial charge is 0.123 e. The average Bonchev–Trinajstić information content (AvgIpc) is 2.92. The third kappa shape index (κ3) is 2.67. The molecular weight excluding hydrogens is 400 g/mol. The lowest BCUT2D eigenvalue weighted by Gasteiger charge is -2.32. The summed E-state index contributed by atoms with van der Waals surface area (Å²) in [6.07, 6.45) is 4.31. The van der Waals surface area contributed by atoms with E-state index >= 15 is 0 Å². The molecule has 0 fully saturated rings. The van der Waals surface area contributed by atoms with Crippen LogP contribution in [0.3, 0.4) is 0 Å². The lowest BCUT2D eigenvalue weighted by Crippen LogP contribution is -2.25. The van der Waals surface area contributed by atoms with E-state index < -0.39 is 0 Å². The van der Waals surface area contributed by atoms with Gasteiger partial charge in [0, 0.05) is 15.3 Å². The second kappa shape index (κ2) is 6.87. The Morgan fingerprint density at radius 2 is 1.67 bits per heavy atom. The molecular formula is C24H25BrO2. The lowest BCUT2D eigenvalue weighted by atomic mass is 9.71. The lowest BCUT2D eigenvalue weighted by molar-refractivity contribution is 0.406. The Morgan fingerprint density at radius 1 is 0.926 bits per heavy atom. The number of benzene rings is 3. The molecule has 0 radical (unpaired) electrons. The number of methoxy groups -OCH3 is 1. The van der Waals surface area contributed by atoms with Crippen LogP contribution >= 0.6 is 15.9 Å². The molecule has 1 N–H and O–H groups in total. The summed E-state index contributed by atoms with van der Waals surface area (Å²) in [5.41, 5.74) is 5.07. The molecule has 0 bridgehead atoms. The van der Waals surface area contributed by atoms with Crippen LogP contribution in [-0.4, -0.2) is 12.2 Å². The normalized spacial score (nSPS) is 14.2. The van der Waals surface area contributed by atoms with Crippen LogP contribution in [0.5, 0.6) is 11.5 Å². The maximum atomic E-state index is 10.8. The van der Waals surface area contributed by atoms with Crippen LogP contribution in [0.4, 0.5) is 0 Å². The first-order valence-electron chi connectivity index (χ1n) is 9.70. The summed E-state index contributed by atoms with van der Waals surface area (Å²) >= 11 is 3.62. The molecule has 0 aliphatic heterocycles. The molecule has 0 heterocycles. The molecule has 0 unspecified atom stereocenters. The maximum absolute atomic E-state index is 10.8. The van der Waals surface area contributed by atoms with E-state index in [1.807, 2.05) is 24.3 Å². The van der Waals surface area contributed by atoms with Gasteiger partial charge in [0.2, 0.25) is 0 Å². The van der Waals surface area contributed by atoms with Gasteiger partial charge in [-0.25, -0.2) is 0 Å². The van der Waals surface area contributed by atoms with Gasteiger partial charge < -0.3 is 9.84 Å². The number of phenols is 1. The predicted octanol–water partition coefficient (Wildman–Crippen LogP) is 7.18. The van der Waals surface area contributed by atoms with E-state index in [0.29, 0.717) is 5.75 Å². The summed E-state index contributed by atoms with van der Waals surface area (Å²) in [4.78, 5) is 0. The zero-order valence-corrected chi connectivity index (χ0v) is 17.7. The van der Waals surface area contributed by atoms with Crippen LogP contribution in [0.2, 0.25) is 0 Å². The van der Waals surface area contributed by atoms with Crippen molar-refractivity contribution in [1.29, 1.82) is 0 Å². The first-order valence-corrected chi connectivity index (χ1v) is 10.5. The fraction of sp³-hybridized carbons (Fsp3) is 0.333. The number of ether oxygens (including phenoxy) is 1. The van der Waals surface area contributed by atoms with Crippen molar-refractivity contribution in [3.8, 4) is 22.6 Å². The highest BCUT2D eigenvalue weighted by atomic mass is 79.9. The Morgan fingerprint density at radius 3 is 2.33 bits per heavy atom. The van der Waals surface area contributed by atoms with E-state index in [1.54, 1.807) is 7.11 Å². The molecule has 0 atom stereocenters. The monoisotopic (exact) mass is 424 g/mol. The van der Waals surface area contributed by atoms with E-state index in [0.717, 1.165) is 46.7 Å². The SMILES string of the molecule is CCCC1(CCC)c2cc(OC)ccc2-c2c1cc(O)c1ccc(Br)cc21. The minimum atomic E-state index is -0.0727. The number of halogens is 1. The molecule has 3 aromatic carbocycles. The van der Waals surface area contributed by atoms with Crippen molar-refractivity contribution in [2.45, 2.75) is 44.9 Å². The third-order valence-electron chi connectivity index (χ3n) is 5.96. The number of fused-ring (bicyclic) bond motifs is 5. The molecule has 0 spiro atoms. The summed E-state index contributed by atoms with van der Waals surface area (Å²) < 4.78 is 6.59. The largest absolute Gasteiger partial charge is 0.507 e. The van der Waals surface area contributed by atoms with Crippen molar-refractivity contribution >= 4 is 26.7 Å². The van der Waals surface area contributed by atoms with Gasteiger partial charge in [-0.1, -0.05) is 48.7 Å². The minimum absolute atomic E-state index is 0.0727. The van der Waals surface area contributed by atoms with Gasteiger partial charge >= 0.3 is 0 Å². The second-order valence-electron chi connectivity index (χ2n) is 7.50. The van der Waals surface area contributed by atoms with Crippen molar-refractivity contribution in [2.24, 2.45) is 0 Å². The molecule has 27 heavy (non-hydrogen) atoms. The number of hydrogen-bond acceptors (Lipinski definition) is 2. The molecule has 0 saturated heterocycles. The van der Waals surface area contributed by atoms with Crippen LogP contribution < -0.4 is 4.74 Å². The minimum Gasteiger partial charge on any atom is -0.507 e. The van der Waals surface area contributed by atoms with E-state index in [9.17, 15) is 5.11 Å². The summed E-state index contributed by atoms with van der Waals surface area (Å²) in [5.74, 6) is 1.26. The van der Waals surface area contributed by atoms with Gasteiger partial charge in [-0.3, -0.25) is 0 Å². The highest BCUT2D eigenvalue weighted by Crippen LogP contribution is 2.57. The van der Waals surface area contributed by atoms with E-state index in [-0.39, 0.29) is 5.41 Å². The van der Waals surface area contributed by atoms with Crippen molar-refractivity contribution in [3.05, 3.63) is 58.1 Å². The van der Waals surface area contributed by atoms with Crippen molar-refractivity contribution in [2.75, 3.05) is 7.11 Å². The summed E-state index contributed by atoms with van der Waals surface area (Å²) in [7, 11) is 1.73. The molecule has 0 saturated carbocycles. The van der Waals surface area contributed by atoms with Gasteiger partial charge in [0.1, 0.15) is 11.5 Å². The topological polar surface area (TPSA) is 29.5 Å². The Balaban J connectivity index is 2.15. The summed E-state index contributed by atoms with van der Waals surface area (Å²) in [6, 6.07) is 14.6. The van der Waals surface area contributed by atoms with Gasteiger partial charge in [-0.05, 0) is 76.9 Å². The van der Waals surface area contributed by atoms with Gasteiger partial charge in [-0.15, -0.1) is 0 Å². The molecule has 0 amide bonds. The molecule has 3 aromatic rings. The van der Waals surface area contributed by atoms with Gasteiger partial charge in [0.15, 0.2) is 0 Å². The Labute approximate surface area is 169 Å². The fourth-order valence-electron chi connectivity index (χ4n) is 4.97. The van der Waals surface area contributed by atoms with E-state index in [1.165, 1.54) is 22.3 Å². The molecule has 1 aliphatic rings. The first-order chi connectivity index (χ1) is 13.1. The predicted molar refractivity (Wildman–Crippen MR) is 116 cm³/mol. The molecule has 0 aromatic heterocycles. The van der Waals surface area contributed by atoms with Crippen molar-refractivity contribution in [3.63, 3.8) is 0 Å². The van der Waals surface area contributed by atoms with Gasteiger partial charge in [-0.2, -0.15) is 0 Å². The molecule has 2 nitrogen and oxygen atoms in total. The van der Waals surface area contributed by atoms with Crippen molar-refractivity contribution < 1.29 is 9.84 Å². The molecule has 3 heteroatoms. The van der Waals surface area contributed by atoms with Crippen LogP contribution in [0.15, 0.2) is 46.9 Å². The Hall–Kier alpha value is -2.00. The summed E-state index contributed by atoms with van der Waals surface area (Å²) in [5, 5.41) is 12.9. The number of aromatic hydroxyl groups is 1. The summed E-state index contributed by atoms with van der Waals surface area (Å²) in [6.45, 7) is 4.49. The number of phenolic OH excluding ortho intramolecular Hbond substituents is 1. The van der Waals surface area contributed by atoms with Crippen molar-refractivity contribution in [1.82, 2.24) is 0 Å². The van der Waals surface area contributed by atoms with Crippen LogP contribution in [0, 0.1) is 0 Å². The number of rotatable bonds is 5. The Kier molecular flexibility index (Phi) is 4.67. The van der Waals surface area contributed by atoms with Crippen LogP contribution in [0.1, 0.15) is 50.7 Å². The Bertz CT molecular complexity index is 1020. The second-order valence-corrected chi connectivity index (χ2v) is 8.42. The highest BCUT2D eigenvalue weighted by molar-refractivity contribution is 9.10. The standard InChI is InChI=1S/C24H25BrO2/c1-4-10-24(11-5-2)20-13-16(27-3)7-9-18(20)23-19-12-15(25)6-8-17(19)22(26)14-21(23)24/h6-9,12-14,26H,4-5,10-11H2,1-3H3. The number of hydrogen-bond donors (Lipinski definition) is 1. The first kappa shape index (κ1) is 18.4. The van der Waals surface area contributed by atoms with Crippen LogP contribution in [0.25, 0.3) is 21.9 Å².